The van der Waals surface area contributed by atoms with Crippen molar-refractivity contribution in [3.05, 3.63) is 97.2 Å². The zero-order valence-corrected chi connectivity index (χ0v) is 58.7. The first kappa shape index (κ1) is 86.0. The lowest BCUT2D eigenvalue weighted by atomic mass is 9.97. The Balaban J connectivity index is 1.66. The molecule has 0 aromatic carbocycles. The van der Waals surface area contributed by atoms with Gasteiger partial charge < -0.3 is 65.1 Å². The summed E-state index contributed by atoms with van der Waals surface area (Å²) >= 11 is 0. The van der Waals surface area contributed by atoms with Crippen LogP contribution >= 0.6 is 0 Å². The Morgan fingerprint density at radius 1 is 0.398 bits per heavy atom. The summed E-state index contributed by atoms with van der Waals surface area (Å²) in [6.45, 7) is 2.76. The van der Waals surface area contributed by atoms with Gasteiger partial charge >= 0.3 is 0 Å². The number of aliphatic hydroxyl groups is 8. The molecule has 12 atom stereocenters. The standard InChI is InChI=1S/C79H139NO13/c1-3-5-7-9-11-13-15-17-19-21-23-25-27-29-31-33-35-36-38-40-42-44-46-48-50-52-54-56-58-60-62-68(83)67(66-90-78-76(89)74(87)77(70(65-82)92-78)93-79-75(88)73(86)72(85)69(64-81)91-79)80-71(84)63-61-59-57-55-53-51-49-47-45-43-41-39-37-34-32-30-28-26-24-22-20-18-16-14-12-10-8-6-4-2/h6,8,12,14,18,20,24,26,30,32,37,39,43,45,49,51,67-70,72-79,81-83,85-89H,3-5,7,9-11,13,15-17,19,21-23,25,27-29,31,33-36,38,40-42,44,46-48,50,52-66H2,1-2H3,(H,80,84)/b8-6-,14-12-,20-18-,26-24-,32-30-,39-37-,45-43-,51-49-. The average Bonchev–Trinajstić information content (AvgIpc) is 0.854. The van der Waals surface area contributed by atoms with Crippen molar-refractivity contribution in [2.24, 2.45) is 0 Å². The van der Waals surface area contributed by atoms with Crippen molar-refractivity contribution < 1.29 is 64.6 Å². The highest BCUT2D eigenvalue weighted by molar-refractivity contribution is 5.76. The van der Waals surface area contributed by atoms with E-state index in [1.807, 2.05) is 0 Å². The van der Waals surface area contributed by atoms with E-state index in [9.17, 15) is 45.6 Å². The molecule has 0 aliphatic carbocycles. The molecule has 2 saturated heterocycles. The van der Waals surface area contributed by atoms with E-state index < -0.39 is 86.8 Å². The van der Waals surface area contributed by atoms with Crippen LogP contribution in [0.3, 0.4) is 0 Å². The van der Waals surface area contributed by atoms with Crippen molar-refractivity contribution in [2.75, 3.05) is 19.8 Å². The quantitative estimate of drug-likeness (QED) is 0.0204. The molecule has 0 aromatic rings. The Hall–Kier alpha value is -3.09. The summed E-state index contributed by atoms with van der Waals surface area (Å²) in [6, 6.07) is -0.852. The van der Waals surface area contributed by atoms with Crippen molar-refractivity contribution in [2.45, 2.75) is 376 Å². The van der Waals surface area contributed by atoms with Crippen LogP contribution in [0.15, 0.2) is 97.2 Å². The van der Waals surface area contributed by atoms with Gasteiger partial charge in [0, 0.05) is 6.42 Å². The Morgan fingerprint density at radius 2 is 0.742 bits per heavy atom. The van der Waals surface area contributed by atoms with E-state index in [2.05, 4.69) is 116 Å². The topological polar surface area (TPSA) is 228 Å². The SMILES string of the molecule is CC/C=C\C/C=C\C/C=C\C/C=C\C/C=C\C/C=C\C/C=C\C/C=C\CCCCCCC(=O)NC(COC1OC(CO)C(OC2OC(CO)C(O)C(O)C2O)C(O)C1O)C(O)CCCCCCCCCCCCCCCCCCCCCCCCCCCCCCCC. The second-order valence-electron chi connectivity index (χ2n) is 26.4. The Bertz CT molecular complexity index is 1930. The van der Waals surface area contributed by atoms with Gasteiger partial charge in [-0.25, -0.2) is 0 Å². The summed E-state index contributed by atoms with van der Waals surface area (Å²) in [7, 11) is 0. The second-order valence-corrected chi connectivity index (χ2v) is 26.4. The van der Waals surface area contributed by atoms with Crippen LogP contribution in [0.1, 0.15) is 303 Å². The first-order chi connectivity index (χ1) is 45.6. The minimum absolute atomic E-state index is 0.231. The lowest BCUT2D eigenvalue weighted by molar-refractivity contribution is -0.359. The monoisotopic (exact) mass is 1310 g/mol. The Labute approximate surface area is 566 Å². The molecule has 14 nitrogen and oxygen atoms in total. The summed E-state index contributed by atoms with van der Waals surface area (Å²) in [5, 5.41) is 87.8. The maximum atomic E-state index is 13.4. The molecular weight excluding hydrogens is 1170 g/mol. The molecule has 2 aliphatic heterocycles. The number of carbonyl (C=O) groups is 1. The number of aliphatic hydroxyl groups excluding tert-OH is 8. The van der Waals surface area contributed by atoms with Crippen LogP contribution in [0.25, 0.3) is 0 Å². The van der Waals surface area contributed by atoms with Gasteiger partial charge in [-0.2, -0.15) is 0 Å². The lowest BCUT2D eigenvalue weighted by Crippen LogP contribution is -2.65. The number of allylic oxidation sites excluding steroid dienone is 16. The molecule has 2 fully saturated rings. The van der Waals surface area contributed by atoms with Crippen molar-refractivity contribution in [1.29, 1.82) is 0 Å². The van der Waals surface area contributed by atoms with Crippen LogP contribution in [-0.2, 0) is 23.7 Å². The molecule has 14 heteroatoms. The van der Waals surface area contributed by atoms with Crippen molar-refractivity contribution in [1.82, 2.24) is 5.32 Å². The van der Waals surface area contributed by atoms with Crippen LogP contribution in [-0.4, -0.2) is 140 Å². The summed E-state index contributed by atoms with van der Waals surface area (Å²) in [5.74, 6) is -0.231. The van der Waals surface area contributed by atoms with Gasteiger partial charge in [0.05, 0.1) is 32.0 Å². The molecule has 0 aromatic heterocycles. The van der Waals surface area contributed by atoms with Crippen molar-refractivity contribution in [3.8, 4) is 0 Å². The van der Waals surface area contributed by atoms with E-state index >= 15 is 0 Å². The van der Waals surface area contributed by atoms with E-state index in [1.165, 1.54) is 167 Å². The predicted octanol–water partition coefficient (Wildman–Crippen LogP) is 16.5. The molecular formula is C79H139NO13. The number of hydrogen-bond donors (Lipinski definition) is 9. The van der Waals surface area contributed by atoms with Crippen molar-refractivity contribution >= 4 is 5.91 Å². The van der Waals surface area contributed by atoms with Gasteiger partial charge in [0.2, 0.25) is 5.91 Å². The summed E-state index contributed by atoms with van der Waals surface area (Å²) < 4.78 is 22.9. The number of rotatable bonds is 62. The number of ether oxygens (including phenoxy) is 4. The third-order valence-electron chi connectivity index (χ3n) is 18.1. The van der Waals surface area contributed by atoms with E-state index in [0.29, 0.717) is 12.8 Å². The normalized spacial score (nSPS) is 23.1. The molecule has 0 saturated carbocycles. The van der Waals surface area contributed by atoms with Crippen LogP contribution in [0, 0.1) is 0 Å². The number of unbranched alkanes of at least 4 members (excludes halogenated alkanes) is 33. The van der Waals surface area contributed by atoms with Crippen LogP contribution in [0.4, 0.5) is 0 Å². The predicted molar refractivity (Wildman–Crippen MR) is 383 cm³/mol. The maximum Gasteiger partial charge on any atom is 0.220 e. The first-order valence-electron chi connectivity index (χ1n) is 38.0. The summed E-state index contributed by atoms with van der Waals surface area (Å²) in [4.78, 5) is 13.4. The molecule has 93 heavy (non-hydrogen) atoms. The van der Waals surface area contributed by atoms with Crippen molar-refractivity contribution in [3.63, 3.8) is 0 Å². The number of carbonyl (C=O) groups excluding carboxylic acids is 1. The zero-order valence-electron chi connectivity index (χ0n) is 58.7. The van der Waals surface area contributed by atoms with Gasteiger partial charge in [-0.1, -0.05) is 317 Å². The molecule has 2 rings (SSSR count). The number of amides is 1. The molecule has 2 aliphatic rings. The third-order valence-corrected chi connectivity index (χ3v) is 18.1. The first-order valence-corrected chi connectivity index (χ1v) is 38.0. The van der Waals surface area contributed by atoms with Crippen LogP contribution in [0.2, 0.25) is 0 Å². The molecule has 0 radical (unpaired) electrons. The highest BCUT2D eigenvalue weighted by Gasteiger charge is 2.51. The van der Waals surface area contributed by atoms with Gasteiger partial charge in [-0.15, -0.1) is 0 Å². The zero-order chi connectivity index (χ0) is 67.3. The fourth-order valence-electron chi connectivity index (χ4n) is 12.1. The minimum atomic E-state index is -1.79. The van der Waals surface area contributed by atoms with Gasteiger partial charge in [-0.05, 0) is 77.0 Å². The van der Waals surface area contributed by atoms with E-state index in [4.69, 9.17) is 18.9 Å². The van der Waals surface area contributed by atoms with Crippen LogP contribution < -0.4 is 5.32 Å². The largest absolute Gasteiger partial charge is 0.394 e. The van der Waals surface area contributed by atoms with Gasteiger partial charge in [0.25, 0.3) is 0 Å². The average molecular weight is 1310 g/mol. The molecule has 12 unspecified atom stereocenters. The highest BCUT2D eigenvalue weighted by Crippen LogP contribution is 2.30. The maximum absolute atomic E-state index is 13.4. The highest BCUT2D eigenvalue weighted by atomic mass is 16.7. The van der Waals surface area contributed by atoms with E-state index in [1.54, 1.807) is 0 Å². The second kappa shape index (κ2) is 62.4. The smallest absolute Gasteiger partial charge is 0.220 e. The summed E-state index contributed by atoms with van der Waals surface area (Å²) in [5.41, 5.74) is 0. The number of hydrogen-bond acceptors (Lipinski definition) is 13. The Morgan fingerprint density at radius 3 is 1.14 bits per heavy atom. The number of nitrogens with one attached hydrogen (secondary N) is 1. The van der Waals surface area contributed by atoms with Gasteiger partial charge in [0.1, 0.15) is 48.8 Å². The molecule has 538 valence electrons. The van der Waals surface area contributed by atoms with E-state index in [0.717, 1.165) is 103 Å². The molecule has 2 heterocycles. The molecule has 9 N–H and O–H groups in total. The minimum Gasteiger partial charge on any atom is -0.394 e. The van der Waals surface area contributed by atoms with Crippen LogP contribution in [0.5, 0.6) is 0 Å². The summed E-state index contributed by atoms with van der Waals surface area (Å²) in [6.07, 6.45) is 71.4. The molecule has 0 spiro atoms. The fraction of sp³-hybridized carbons (Fsp3) is 0.785. The Kier molecular flexibility index (Phi) is 57.7. The third kappa shape index (κ3) is 45.9. The molecule has 1 amide bonds. The van der Waals surface area contributed by atoms with Gasteiger partial charge in [-0.3, -0.25) is 4.79 Å². The van der Waals surface area contributed by atoms with E-state index in [-0.39, 0.29) is 18.9 Å². The van der Waals surface area contributed by atoms with Gasteiger partial charge in [0.15, 0.2) is 12.6 Å². The fourth-order valence-corrected chi connectivity index (χ4v) is 12.1. The lowest BCUT2D eigenvalue weighted by Gasteiger charge is -2.46. The molecule has 0 bridgehead atoms.